The van der Waals surface area contributed by atoms with Crippen LogP contribution in [0.1, 0.15) is 0 Å². The first kappa shape index (κ1) is 28.2. The molecule has 2 N–H and O–H groups in total. The van der Waals surface area contributed by atoms with Crippen molar-refractivity contribution >= 4 is 40.0 Å². The Balaban J connectivity index is 1.74. The van der Waals surface area contributed by atoms with E-state index in [0.29, 0.717) is 39.7 Å². The Hall–Kier alpha value is -4.84. The second-order valence-corrected chi connectivity index (χ2v) is 9.38. The number of methoxy groups -OCH3 is 2. The van der Waals surface area contributed by atoms with Gasteiger partial charge >= 0.3 is 5.69 Å². The molecule has 0 fully saturated rings. The van der Waals surface area contributed by atoms with E-state index in [2.05, 4.69) is 32.1 Å². The number of rotatable bonds is 11. The van der Waals surface area contributed by atoms with E-state index in [0.717, 1.165) is 18.8 Å². The molecular formula is C28H34N8O4. The van der Waals surface area contributed by atoms with Gasteiger partial charge in [0.25, 0.3) is 0 Å². The summed E-state index contributed by atoms with van der Waals surface area (Å²) < 4.78 is 14.0. The molecule has 2 heterocycles. The van der Waals surface area contributed by atoms with Gasteiger partial charge in [0.2, 0.25) is 11.9 Å². The Labute approximate surface area is 232 Å². The van der Waals surface area contributed by atoms with E-state index >= 15 is 0 Å². The van der Waals surface area contributed by atoms with Crippen LogP contribution in [0.15, 0.2) is 60.0 Å². The summed E-state index contributed by atoms with van der Waals surface area (Å²) in [6.45, 7) is 5.10. The number of carbonyl (C=O) groups excluding carboxylic acids is 1. The topological polar surface area (TPSA) is 119 Å². The predicted molar refractivity (Wildman–Crippen MR) is 158 cm³/mol. The standard InChI is InChI=1S/C28H34N8O4/c1-8-26(37)30-19-16-20(24(40-7)17-22(19)34(4)14-13-33(2)3)31-27-29-12-11-25(32-27)36-21-10-9-18(39-6)15-23(21)35(5)28(36)38/h8-12,15-17H,1,13-14H2,2-7H3,(H,30,37)(H,29,31,32). The van der Waals surface area contributed by atoms with E-state index in [1.165, 1.54) is 15.2 Å². The molecule has 0 saturated carbocycles. The van der Waals surface area contributed by atoms with Crippen molar-refractivity contribution in [1.82, 2.24) is 24.0 Å². The summed E-state index contributed by atoms with van der Waals surface area (Å²) in [5.74, 6) is 1.45. The van der Waals surface area contributed by atoms with E-state index in [4.69, 9.17) is 9.47 Å². The zero-order valence-electron chi connectivity index (χ0n) is 23.6. The number of anilines is 4. The number of hydrogen-bond acceptors (Lipinski definition) is 9. The summed E-state index contributed by atoms with van der Waals surface area (Å²) >= 11 is 0. The first-order chi connectivity index (χ1) is 19.2. The van der Waals surface area contributed by atoms with Gasteiger partial charge in [0, 0.05) is 51.6 Å². The maximum atomic E-state index is 13.2. The third-order valence-corrected chi connectivity index (χ3v) is 6.43. The number of ether oxygens (including phenoxy) is 2. The van der Waals surface area contributed by atoms with Crippen LogP contribution in [-0.4, -0.2) is 78.4 Å². The summed E-state index contributed by atoms with van der Waals surface area (Å²) in [4.78, 5) is 38.5. The molecular weight excluding hydrogens is 512 g/mol. The van der Waals surface area contributed by atoms with Gasteiger partial charge in [-0.2, -0.15) is 4.98 Å². The van der Waals surface area contributed by atoms with E-state index in [1.807, 2.05) is 38.2 Å². The van der Waals surface area contributed by atoms with E-state index in [9.17, 15) is 9.59 Å². The average Bonchev–Trinajstić information content (AvgIpc) is 3.20. The summed E-state index contributed by atoms with van der Waals surface area (Å²) in [6, 6.07) is 10.7. The van der Waals surface area contributed by atoms with Gasteiger partial charge < -0.3 is 29.9 Å². The Morgan fingerprint density at radius 3 is 2.50 bits per heavy atom. The molecule has 0 saturated heterocycles. The van der Waals surface area contributed by atoms with Crippen molar-refractivity contribution in [2.24, 2.45) is 7.05 Å². The molecule has 0 aliphatic rings. The molecule has 12 heteroatoms. The first-order valence-corrected chi connectivity index (χ1v) is 12.5. The molecule has 2 aromatic carbocycles. The third kappa shape index (κ3) is 5.76. The maximum Gasteiger partial charge on any atom is 0.334 e. The molecule has 4 aromatic rings. The maximum absolute atomic E-state index is 13.2. The van der Waals surface area contributed by atoms with Crippen LogP contribution in [0, 0.1) is 0 Å². The molecule has 40 heavy (non-hydrogen) atoms. The molecule has 0 aliphatic heterocycles. The van der Waals surface area contributed by atoms with E-state index in [1.54, 1.807) is 51.7 Å². The smallest absolute Gasteiger partial charge is 0.334 e. The molecule has 0 radical (unpaired) electrons. The molecule has 2 aromatic heterocycles. The number of nitrogens with one attached hydrogen (secondary N) is 2. The Bertz CT molecular complexity index is 1610. The van der Waals surface area contributed by atoms with Crippen LogP contribution in [0.2, 0.25) is 0 Å². The Morgan fingerprint density at radius 2 is 1.82 bits per heavy atom. The minimum atomic E-state index is -0.344. The minimum Gasteiger partial charge on any atom is -0.497 e. The van der Waals surface area contributed by atoms with Gasteiger partial charge in [-0.05, 0) is 38.4 Å². The van der Waals surface area contributed by atoms with Crippen molar-refractivity contribution < 1.29 is 14.3 Å². The first-order valence-electron chi connectivity index (χ1n) is 12.5. The van der Waals surface area contributed by atoms with Crippen LogP contribution >= 0.6 is 0 Å². The lowest BCUT2D eigenvalue weighted by Crippen LogP contribution is -2.29. The number of amides is 1. The molecule has 0 spiro atoms. The fraction of sp³-hybridized carbons (Fsp3) is 0.286. The minimum absolute atomic E-state index is 0.239. The summed E-state index contributed by atoms with van der Waals surface area (Å²) in [7, 11) is 10.8. The van der Waals surface area contributed by atoms with Gasteiger partial charge in [-0.15, -0.1) is 0 Å². The Morgan fingerprint density at radius 1 is 1.05 bits per heavy atom. The monoisotopic (exact) mass is 546 g/mol. The van der Waals surface area contributed by atoms with Crippen LogP contribution in [-0.2, 0) is 11.8 Å². The van der Waals surface area contributed by atoms with Gasteiger partial charge in [-0.1, -0.05) is 6.58 Å². The van der Waals surface area contributed by atoms with Crippen molar-refractivity contribution in [3.63, 3.8) is 0 Å². The third-order valence-electron chi connectivity index (χ3n) is 6.43. The lowest BCUT2D eigenvalue weighted by Gasteiger charge is -2.26. The lowest BCUT2D eigenvalue weighted by atomic mass is 10.2. The summed E-state index contributed by atoms with van der Waals surface area (Å²) in [5.41, 5.74) is 2.98. The number of benzene rings is 2. The molecule has 4 rings (SSSR count). The fourth-order valence-electron chi connectivity index (χ4n) is 4.23. The molecule has 210 valence electrons. The highest BCUT2D eigenvalue weighted by Crippen LogP contribution is 2.38. The predicted octanol–water partition coefficient (Wildman–Crippen LogP) is 3.00. The SMILES string of the molecule is C=CC(=O)Nc1cc(Nc2nccc(-n3c(=O)n(C)c4cc(OC)ccc43)n2)c(OC)cc1N(C)CCN(C)C. The molecule has 12 nitrogen and oxygen atoms in total. The van der Waals surface area contributed by atoms with Gasteiger partial charge in [0.05, 0.1) is 42.3 Å². The number of carbonyl (C=O) groups is 1. The van der Waals surface area contributed by atoms with Crippen LogP contribution in [0.4, 0.5) is 23.0 Å². The second kappa shape index (κ2) is 11.9. The van der Waals surface area contributed by atoms with Crippen LogP contribution < -0.4 is 30.7 Å². The summed E-state index contributed by atoms with van der Waals surface area (Å²) in [6.07, 6.45) is 2.78. The van der Waals surface area contributed by atoms with Crippen molar-refractivity contribution in [3.05, 3.63) is 65.7 Å². The van der Waals surface area contributed by atoms with Gasteiger partial charge in [-0.3, -0.25) is 9.36 Å². The number of aromatic nitrogens is 4. The van der Waals surface area contributed by atoms with Crippen molar-refractivity contribution in [2.75, 3.05) is 64.0 Å². The highest BCUT2D eigenvalue weighted by atomic mass is 16.5. The zero-order valence-corrected chi connectivity index (χ0v) is 23.6. The van der Waals surface area contributed by atoms with Gasteiger partial charge in [0.1, 0.15) is 17.3 Å². The number of likely N-dealkylation sites (N-methyl/N-ethyl adjacent to an activating group) is 2. The highest BCUT2D eigenvalue weighted by molar-refractivity contribution is 6.02. The van der Waals surface area contributed by atoms with E-state index in [-0.39, 0.29) is 17.5 Å². The quantitative estimate of drug-likeness (QED) is 0.274. The Kier molecular flexibility index (Phi) is 8.39. The van der Waals surface area contributed by atoms with Gasteiger partial charge in [0.15, 0.2) is 0 Å². The lowest BCUT2D eigenvalue weighted by molar-refractivity contribution is -0.111. The van der Waals surface area contributed by atoms with Gasteiger partial charge in [-0.25, -0.2) is 14.3 Å². The normalized spacial score (nSPS) is 11.0. The summed E-state index contributed by atoms with van der Waals surface area (Å²) in [5, 5.41) is 6.06. The van der Waals surface area contributed by atoms with Crippen LogP contribution in [0.25, 0.3) is 16.9 Å². The second-order valence-electron chi connectivity index (χ2n) is 9.38. The number of imidazole rings is 1. The number of nitrogens with zero attached hydrogens (tertiary/aromatic N) is 6. The molecule has 0 atom stereocenters. The average molecular weight is 547 g/mol. The fourth-order valence-corrected chi connectivity index (χ4v) is 4.23. The number of fused-ring (bicyclic) bond motifs is 1. The zero-order chi connectivity index (χ0) is 29.0. The van der Waals surface area contributed by atoms with Crippen LogP contribution in [0.3, 0.4) is 0 Å². The molecule has 1 amide bonds. The molecule has 0 bridgehead atoms. The number of aryl methyl sites for hydroxylation is 1. The highest BCUT2D eigenvalue weighted by Gasteiger charge is 2.18. The molecule has 0 aliphatic carbocycles. The van der Waals surface area contributed by atoms with Crippen molar-refractivity contribution in [1.29, 1.82) is 0 Å². The van der Waals surface area contributed by atoms with Crippen molar-refractivity contribution in [3.8, 4) is 17.3 Å². The van der Waals surface area contributed by atoms with Crippen molar-refractivity contribution in [2.45, 2.75) is 0 Å². The van der Waals surface area contributed by atoms with Crippen LogP contribution in [0.5, 0.6) is 11.5 Å². The molecule has 0 unspecified atom stereocenters. The number of hydrogen-bond donors (Lipinski definition) is 2. The van der Waals surface area contributed by atoms with E-state index < -0.39 is 0 Å². The largest absolute Gasteiger partial charge is 0.497 e.